The van der Waals surface area contributed by atoms with Crippen molar-refractivity contribution in [3.05, 3.63) is 52.3 Å². The summed E-state index contributed by atoms with van der Waals surface area (Å²) in [6.45, 7) is 1.77. The molecule has 0 radical (unpaired) electrons. The van der Waals surface area contributed by atoms with Gasteiger partial charge in [0.25, 0.3) is 5.91 Å². The van der Waals surface area contributed by atoms with Gasteiger partial charge in [-0.15, -0.1) is 0 Å². The summed E-state index contributed by atoms with van der Waals surface area (Å²) in [7, 11) is 0. The van der Waals surface area contributed by atoms with Gasteiger partial charge in [-0.05, 0) is 68.7 Å². The summed E-state index contributed by atoms with van der Waals surface area (Å²) >= 11 is 5.95. The van der Waals surface area contributed by atoms with Crippen molar-refractivity contribution in [2.75, 3.05) is 6.54 Å². The van der Waals surface area contributed by atoms with Gasteiger partial charge in [0.2, 0.25) is 5.91 Å². The normalized spacial score (nSPS) is 24.0. The molecule has 2 fully saturated rings. The van der Waals surface area contributed by atoms with Crippen molar-refractivity contribution < 1.29 is 19.5 Å². The maximum absolute atomic E-state index is 13.5. The van der Waals surface area contributed by atoms with Crippen LogP contribution in [0.3, 0.4) is 0 Å². The maximum Gasteiger partial charge on any atom is 0.306 e. The summed E-state index contributed by atoms with van der Waals surface area (Å²) in [5.41, 5.74) is 2.35. The third kappa shape index (κ3) is 5.08. The number of carbonyl (C=O) groups is 3. The number of aromatic nitrogens is 2. The van der Waals surface area contributed by atoms with Crippen LogP contribution in [0.25, 0.3) is 0 Å². The smallest absolute Gasteiger partial charge is 0.306 e. The molecule has 0 saturated carbocycles. The van der Waals surface area contributed by atoms with Crippen molar-refractivity contribution in [1.29, 1.82) is 0 Å². The fourth-order valence-corrected chi connectivity index (χ4v) is 6.01. The third-order valence-corrected chi connectivity index (χ3v) is 7.94. The van der Waals surface area contributed by atoms with Crippen molar-refractivity contribution in [3.63, 3.8) is 0 Å². The number of nitrogens with zero attached hydrogens (tertiary/aromatic N) is 4. The minimum Gasteiger partial charge on any atom is -0.481 e. The van der Waals surface area contributed by atoms with Crippen LogP contribution in [0.2, 0.25) is 5.02 Å². The van der Waals surface area contributed by atoms with E-state index in [4.69, 9.17) is 11.6 Å². The molecule has 1 aromatic carbocycles. The number of amides is 2. The zero-order chi connectivity index (χ0) is 24.5. The van der Waals surface area contributed by atoms with Gasteiger partial charge in [0.15, 0.2) is 5.69 Å². The monoisotopic (exact) mass is 498 g/mol. The molecule has 2 atom stereocenters. The van der Waals surface area contributed by atoms with Crippen molar-refractivity contribution in [2.45, 2.75) is 76.5 Å². The summed E-state index contributed by atoms with van der Waals surface area (Å²) in [6.07, 6.45) is 5.60. The molecule has 0 spiro atoms. The van der Waals surface area contributed by atoms with E-state index in [-0.39, 0.29) is 29.8 Å². The van der Waals surface area contributed by atoms with Crippen LogP contribution in [-0.4, -0.2) is 61.1 Å². The van der Waals surface area contributed by atoms with Gasteiger partial charge in [0.1, 0.15) is 0 Å². The number of aryl methyl sites for hydroxylation is 2. The van der Waals surface area contributed by atoms with E-state index in [1.165, 1.54) is 0 Å². The molecule has 0 aliphatic carbocycles. The van der Waals surface area contributed by atoms with Crippen molar-refractivity contribution >= 4 is 29.4 Å². The van der Waals surface area contributed by atoms with Crippen molar-refractivity contribution in [3.8, 4) is 0 Å². The van der Waals surface area contributed by atoms with E-state index in [0.717, 1.165) is 36.9 Å². The summed E-state index contributed by atoms with van der Waals surface area (Å²) in [4.78, 5) is 41.8. The van der Waals surface area contributed by atoms with Gasteiger partial charge in [-0.3, -0.25) is 19.1 Å². The van der Waals surface area contributed by atoms with Gasteiger partial charge >= 0.3 is 5.97 Å². The maximum atomic E-state index is 13.5. The lowest BCUT2D eigenvalue weighted by Crippen LogP contribution is -2.55. The molecule has 2 unspecified atom stereocenters. The molecule has 2 bridgehead atoms. The summed E-state index contributed by atoms with van der Waals surface area (Å²) < 4.78 is 1.86. The number of carboxylic acid groups (broad SMARTS) is 1. The second kappa shape index (κ2) is 10.0. The summed E-state index contributed by atoms with van der Waals surface area (Å²) in [6, 6.07) is 9.31. The molecule has 186 valence electrons. The Hall–Kier alpha value is -2.87. The lowest BCUT2D eigenvalue weighted by atomic mass is 9.78. The Morgan fingerprint density at radius 1 is 1.03 bits per heavy atom. The number of halogens is 1. The van der Waals surface area contributed by atoms with Crippen LogP contribution in [0, 0.1) is 5.92 Å². The second-order valence-corrected chi connectivity index (χ2v) is 10.4. The van der Waals surface area contributed by atoms with E-state index in [9.17, 15) is 19.5 Å². The topological polar surface area (TPSA) is 95.7 Å². The molecule has 3 aliphatic heterocycles. The Morgan fingerprint density at radius 3 is 2.43 bits per heavy atom. The van der Waals surface area contributed by atoms with E-state index in [1.54, 1.807) is 0 Å². The first-order valence-corrected chi connectivity index (χ1v) is 12.9. The fraction of sp³-hybridized carbons (Fsp3) is 0.538. The second-order valence-electron chi connectivity index (χ2n) is 10.00. The van der Waals surface area contributed by atoms with Crippen molar-refractivity contribution in [1.82, 2.24) is 19.6 Å². The molecule has 3 aliphatic rings. The molecule has 35 heavy (non-hydrogen) atoms. The number of hydrogen-bond donors (Lipinski definition) is 1. The molecule has 4 heterocycles. The quantitative estimate of drug-likeness (QED) is 0.677. The molecule has 2 saturated heterocycles. The van der Waals surface area contributed by atoms with E-state index in [2.05, 4.69) is 5.10 Å². The van der Waals surface area contributed by atoms with Crippen LogP contribution >= 0.6 is 11.6 Å². The molecule has 8 nitrogen and oxygen atoms in total. The van der Waals surface area contributed by atoms with Gasteiger partial charge in [-0.1, -0.05) is 23.7 Å². The lowest BCUT2D eigenvalue weighted by molar-refractivity contribution is -0.145. The first kappa shape index (κ1) is 23.9. The Balaban J connectivity index is 1.26. The lowest BCUT2D eigenvalue weighted by Gasteiger charge is -2.47. The van der Waals surface area contributed by atoms with E-state index in [0.29, 0.717) is 56.0 Å². The molecule has 5 rings (SSSR count). The molecule has 1 N–H and O–H groups in total. The average Bonchev–Trinajstić information content (AvgIpc) is 3.13. The number of piperidine rings is 2. The van der Waals surface area contributed by atoms with Gasteiger partial charge in [-0.25, -0.2) is 0 Å². The Kier molecular flexibility index (Phi) is 6.82. The highest BCUT2D eigenvalue weighted by molar-refractivity contribution is 6.30. The van der Waals surface area contributed by atoms with Gasteiger partial charge in [0, 0.05) is 36.6 Å². The third-order valence-electron chi connectivity index (χ3n) is 7.69. The minimum absolute atomic E-state index is 0.0384. The molecule has 2 amide bonds. The summed E-state index contributed by atoms with van der Waals surface area (Å²) in [5, 5.41) is 14.8. The minimum atomic E-state index is -0.761. The van der Waals surface area contributed by atoms with Crippen LogP contribution in [-0.2, 0) is 29.1 Å². The first-order valence-electron chi connectivity index (χ1n) is 12.5. The molecular formula is C26H31ClN4O4. The highest BCUT2D eigenvalue weighted by atomic mass is 35.5. The number of benzene rings is 1. The number of hydrogen-bond acceptors (Lipinski definition) is 4. The van der Waals surface area contributed by atoms with Gasteiger partial charge in [-0.2, -0.15) is 5.10 Å². The Labute approximate surface area is 209 Å². The van der Waals surface area contributed by atoms with Crippen LogP contribution in [0.4, 0.5) is 0 Å². The number of rotatable bonds is 5. The van der Waals surface area contributed by atoms with Gasteiger partial charge < -0.3 is 14.9 Å². The molecule has 2 aromatic rings. The van der Waals surface area contributed by atoms with Crippen LogP contribution in [0.1, 0.15) is 66.7 Å². The fourth-order valence-electron chi connectivity index (χ4n) is 5.89. The Morgan fingerprint density at radius 2 is 1.74 bits per heavy atom. The largest absolute Gasteiger partial charge is 0.481 e. The standard InChI is InChI=1S/C26H31ClN4O4/c27-19-8-5-17(6-9-19)7-10-24(32)29-11-2-12-30-22(16-29)15-23(28-30)25(33)31-20-3-1-4-21(31)14-18(13-20)26(34)35/h5-6,8-9,15,18,20-21H,1-4,7,10-14,16H2,(H,34,35). The number of fused-ring (bicyclic) bond motifs is 3. The number of carboxylic acids is 1. The van der Waals surface area contributed by atoms with Crippen molar-refractivity contribution in [2.24, 2.45) is 5.92 Å². The predicted molar refractivity (Wildman–Crippen MR) is 130 cm³/mol. The van der Waals surface area contributed by atoms with Gasteiger partial charge in [0.05, 0.1) is 18.2 Å². The SMILES string of the molecule is O=C(O)C1CC2CCCC(C1)N2C(=O)c1cc2n(n1)CCCN(C(=O)CCc1ccc(Cl)cc1)C2. The highest BCUT2D eigenvalue weighted by Gasteiger charge is 2.43. The summed E-state index contributed by atoms with van der Waals surface area (Å²) in [5.74, 6) is -1.15. The molecular weight excluding hydrogens is 468 g/mol. The zero-order valence-corrected chi connectivity index (χ0v) is 20.5. The average molecular weight is 499 g/mol. The molecule has 1 aromatic heterocycles. The van der Waals surface area contributed by atoms with Crippen LogP contribution < -0.4 is 0 Å². The Bertz CT molecular complexity index is 1100. The highest BCUT2D eigenvalue weighted by Crippen LogP contribution is 2.38. The number of carbonyl (C=O) groups excluding carboxylic acids is 2. The molecule has 9 heteroatoms. The number of aliphatic carboxylic acids is 1. The zero-order valence-electron chi connectivity index (χ0n) is 19.7. The predicted octanol–water partition coefficient (Wildman–Crippen LogP) is 3.76. The van der Waals surface area contributed by atoms with E-state index >= 15 is 0 Å². The van der Waals surface area contributed by atoms with E-state index < -0.39 is 5.97 Å². The van der Waals surface area contributed by atoms with Crippen LogP contribution in [0.5, 0.6) is 0 Å². The first-order chi connectivity index (χ1) is 16.9. The van der Waals surface area contributed by atoms with Crippen LogP contribution in [0.15, 0.2) is 30.3 Å². The van der Waals surface area contributed by atoms with E-state index in [1.807, 2.05) is 44.8 Å².